The van der Waals surface area contributed by atoms with Crippen molar-refractivity contribution in [1.29, 1.82) is 0 Å². The Hall–Kier alpha value is -0.720. The quantitative estimate of drug-likeness (QED) is 0.0144. The van der Waals surface area contributed by atoms with E-state index in [2.05, 4.69) is 34.6 Å². The Morgan fingerprint density at radius 2 is 0.295 bits per heavy atom. The maximum absolute atomic E-state index is 12.2. The lowest BCUT2D eigenvalue weighted by molar-refractivity contribution is -0.917. The summed E-state index contributed by atoms with van der Waals surface area (Å²) in [7, 11) is 11.6. The second kappa shape index (κ2) is 88.8. The maximum Gasteiger partial charge on any atom is 0.181 e. The molecule has 0 bridgehead atoms. The number of quaternary nitrogens is 6. The average Bonchev–Trinajstić information content (AvgIpc) is 0.911. The van der Waals surface area contributed by atoms with Crippen LogP contribution in [0.4, 0.5) is 0 Å². The largest absolute Gasteiger partial charge is 0.633 e. The Morgan fingerprint density at radius 1 is 0.162 bits per heavy atom. The minimum absolute atomic E-state index is 0.0960. The number of aliphatic hydroxyl groups excluding tert-OH is 6. The fraction of sp³-hybridized carbons (Fsp3) is 1.00. The van der Waals surface area contributed by atoms with E-state index in [-0.39, 0.29) is 40.2 Å². The first-order valence-electron chi connectivity index (χ1n) is 45.1. The summed E-state index contributed by atoms with van der Waals surface area (Å²) >= 11 is 0. The van der Waals surface area contributed by atoms with E-state index in [0.29, 0.717) is 13.1 Å². The topological polar surface area (TPSA) is 260 Å². The number of nitrogens with zero attached hydrogens (tertiary/aromatic N) is 6. The van der Waals surface area contributed by atoms with E-state index < -0.39 is 40.9 Å². The lowest BCUT2D eigenvalue weighted by Crippen LogP contribution is -2.47. The summed E-state index contributed by atoms with van der Waals surface area (Å²) < 4.78 is -2.70. The van der Waals surface area contributed by atoms with Crippen LogP contribution in [-0.2, 0) is 0 Å². The summed E-state index contributed by atoms with van der Waals surface area (Å²) in [5.41, 5.74) is 0. The van der Waals surface area contributed by atoms with Crippen LogP contribution in [0.2, 0.25) is 0 Å². The fourth-order valence-corrected chi connectivity index (χ4v) is 12.8. The van der Waals surface area contributed by atoms with Gasteiger partial charge in [0.05, 0.1) is 95.3 Å². The average molecular weight is 1510 g/mol. The minimum atomic E-state index is -1.00. The third-order valence-corrected chi connectivity index (χ3v) is 20.1. The first-order chi connectivity index (χ1) is 50.2. The molecule has 0 rings (SSSR count). The molecule has 0 saturated heterocycles. The van der Waals surface area contributed by atoms with Crippen LogP contribution in [0.15, 0.2) is 0 Å². The molecule has 6 N–H and O–H groups in total. The third-order valence-electron chi connectivity index (χ3n) is 20.1. The standard InChI is InChI=1S/C20H43NO.C18H39NO.C16H35NO3.C16H35NO.C14H31NO3.C3H9NO3/c1-4-5-6-7-8-9-10-11-12-13-14-15-16-17-18-19-20-21(2,3)22;1-4-5-6-7-8-9-10-11-12-13-14-15-16-17-18-19(2,3)20;1-2-3-4-5-6-7-8-9-10-11-12-17(20,13-15-18)14-16-19;1-4-5-6-7-8-9-10-11-12-13-14-15-16-17(2,3)18;1-2-3-4-5-6-7-8-9-10-11-12-15(18,13-16)14-17;1-4(7,2-5)3-6/h4-20H2,1-3H3;4-18H2,1-3H3;18-19H,2-16H2,1H3;4-16H2,1-3H3;16-17H,2-14H2,1H3;5-6H,2-3H2,1H3. The van der Waals surface area contributed by atoms with Crippen LogP contribution >= 0.6 is 0 Å². The molecule has 0 aliphatic carbocycles. The fourth-order valence-electron chi connectivity index (χ4n) is 12.8. The van der Waals surface area contributed by atoms with E-state index in [9.17, 15) is 31.2 Å². The molecule has 105 heavy (non-hydrogen) atoms. The molecule has 0 amide bonds. The normalized spacial score (nSPS) is 12.0. The highest BCUT2D eigenvalue weighted by molar-refractivity contribution is 4.56. The number of unbranched alkanes of at least 4 members (excludes halogenated alkanes) is 57. The smallest absolute Gasteiger partial charge is 0.181 e. The summed E-state index contributed by atoms with van der Waals surface area (Å²) in [6.07, 6.45) is 82.4. The van der Waals surface area contributed by atoms with Crippen LogP contribution in [0.3, 0.4) is 0 Å². The van der Waals surface area contributed by atoms with Gasteiger partial charge in [0.1, 0.15) is 13.1 Å². The molecular formula is C87H192N6O12. The summed E-state index contributed by atoms with van der Waals surface area (Å²) in [5.74, 6) is 0. The van der Waals surface area contributed by atoms with Gasteiger partial charge >= 0.3 is 0 Å². The van der Waals surface area contributed by atoms with E-state index in [4.69, 9.17) is 30.6 Å². The van der Waals surface area contributed by atoms with Crippen LogP contribution in [-0.4, -0.2) is 194 Å². The molecule has 18 heteroatoms. The Kier molecular flexibility index (Phi) is 97.4. The van der Waals surface area contributed by atoms with E-state index in [1.807, 2.05) is 0 Å². The maximum atomic E-state index is 12.2. The second-order valence-electron chi connectivity index (χ2n) is 33.4. The zero-order valence-electron chi connectivity index (χ0n) is 72.8. The van der Waals surface area contributed by atoms with Gasteiger partial charge < -0.3 is 89.8 Å². The molecule has 0 aliphatic heterocycles. The van der Waals surface area contributed by atoms with Gasteiger partial charge in [-0.1, -0.05) is 369 Å². The third kappa shape index (κ3) is 114. The van der Waals surface area contributed by atoms with Crippen LogP contribution in [0.5, 0.6) is 0 Å². The first kappa shape index (κ1) is 115. The van der Waals surface area contributed by atoms with Gasteiger partial charge in [0.2, 0.25) is 0 Å². The molecule has 0 atom stereocenters. The van der Waals surface area contributed by atoms with Gasteiger partial charge in [0, 0.05) is 0 Å². The van der Waals surface area contributed by atoms with Crippen molar-refractivity contribution in [3.05, 3.63) is 31.2 Å². The Morgan fingerprint density at radius 3 is 0.410 bits per heavy atom. The second-order valence-corrected chi connectivity index (χ2v) is 33.4. The van der Waals surface area contributed by atoms with Gasteiger partial charge in [0.25, 0.3) is 0 Å². The van der Waals surface area contributed by atoms with Gasteiger partial charge in [-0.15, -0.1) is 0 Å². The number of aliphatic hydroxyl groups is 6. The van der Waals surface area contributed by atoms with Gasteiger partial charge in [-0.25, -0.2) is 0 Å². The highest BCUT2D eigenvalue weighted by Gasteiger charge is 2.16. The highest BCUT2D eigenvalue weighted by atomic mass is 16.6. The summed E-state index contributed by atoms with van der Waals surface area (Å²) in [5, 5.41) is 120. The Balaban J connectivity index is -0.000000285. The molecule has 0 heterocycles. The molecule has 0 unspecified atom stereocenters. The molecule has 18 nitrogen and oxygen atoms in total. The van der Waals surface area contributed by atoms with E-state index in [0.717, 1.165) is 71.0 Å². The predicted molar refractivity (Wildman–Crippen MR) is 454 cm³/mol. The first-order valence-corrected chi connectivity index (χ1v) is 45.1. The highest BCUT2D eigenvalue weighted by Crippen LogP contribution is 2.19. The lowest BCUT2D eigenvalue weighted by atomic mass is 10.0. The molecule has 0 aromatic carbocycles. The molecule has 0 fully saturated rings. The summed E-state index contributed by atoms with van der Waals surface area (Å²) in [6.45, 7) is 12.5. The van der Waals surface area contributed by atoms with Gasteiger partial charge in [0.15, 0.2) is 26.9 Å². The van der Waals surface area contributed by atoms with Crippen molar-refractivity contribution in [1.82, 2.24) is 0 Å². The Bertz CT molecular complexity index is 1540. The molecule has 0 aliphatic rings. The van der Waals surface area contributed by atoms with Crippen LogP contribution in [0.1, 0.15) is 433 Å². The van der Waals surface area contributed by atoms with Gasteiger partial charge in [-0.2, -0.15) is 0 Å². The van der Waals surface area contributed by atoms with Crippen molar-refractivity contribution >= 4 is 0 Å². The molecule has 0 aromatic heterocycles. The van der Waals surface area contributed by atoms with Crippen molar-refractivity contribution in [2.24, 2.45) is 0 Å². The van der Waals surface area contributed by atoms with E-state index in [1.54, 1.807) is 42.3 Å². The molecule has 0 aromatic rings. The summed E-state index contributed by atoms with van der Waals surface area (Å²) in [6, 6.07) is 0. The molecular weight excluding hydrogens is 1320 g/mol. The van der Waals surface area contributed by atoms with Crippen molar-refractivity contribution < 1.29 is 58.5 Å². The number of rotatable bonds is 75. The summed E-state index contributed by atoms with van der Waals surface area (Å²) in [4.78, 5) is 0. The zero-order chi connectivity index (χ0) is 80.0. The minimum Gasteiger partial charge on any atom is -0.633 e. The SMILES string of the molecule is CCCCCCCCCCCCCCCCCC[N+](C)(C)[O-].CCCCCCCCCCCCCCCC[N+](C)(C)[O-].CCCCCCCCCCCCCC[N+](C)(C)[O-].CCCCCCCCCCCC[N+]([O-])(CCO)CCO.CCCCCCCCCCCC[N+]([O-])(CO)CO.C[N+]([O-])(CO)CO. The van der Waals surface area contributed by atoms with Crippen LogP contribution in [0, 0.1) is 31.2 Å². The van der Waals surface area contributed by atoms with Gasteiger partial charge in [-0.3, -0.25) is 0 Å². The van der Waals surface area contributed by atoms with Crippen LogP contribution in [0.25, 0.3) is 0 Å². The number of hydrogen-bond donors (Lipinski definition) is 6. The van der Waals surface area contributed by atoms with E-state index in [1.165, 1.54) is 354 Å². The molecule has 0 radical (unpaired) electrons. The molecule has 642 valence electrons. The molecule has 0 saturated carbocycles. The van der Waals surface area contributed by atoms with Crippen molar-refractivity contribution in [3.8, 4) is 0 Å². The van der Waals surface area contributed by atoms with E-state index >= 15 is 0 Å². The zero-order valence-corrected chi connectivity index (χ0v) is 72.8. The molecule has 0 spiro atoms. The number of hydroxylamine groups is 18. The van der Waals surface area contributed by atoms with Crippen molar-refractivity contribution in [2.45, 2.75) is 433 Å². The van der Waals surface area contributed by atoms with Crippen LogP contribution < -0.4 is 0 Å². The Labute approximate surface area is 654 Å². The van der Waals surface area contributed by atoms with Crippen molar-refractivity contribution in [3.63, 3.8) is 0 Å². The monoisotopic (exact) mass is 1510 g/mol. The van der Waals surface area contributed by atoms with Crippen molar-refractivity contribution in [2.75, 3.05) is 135 Å². The predicted octanol–water partition coefficient (Wildman–Crippen LogP) is 23.3. The van der Waals surface area contributed by atoms with Gasteiger partial charge in [-0.05, 0) is 64.2 Å². The lowest BCUT2D eigenvalue weighted by Gasteiger charge is -2.42. The number of hydrogen-bond acceptors (Lipinski definition) is 12.